The lowest BCUT2D eigenvalue weighted by Crippen LogP contribution is -2.29. The van der Waals surface area contributed by atoms with Gasteiger partial charge in [-0.2, -0.15) is 17.5 Å². The van der Waals surface area contributed by atoms with Crippen LogP contribution in [0.25, 0.3) is 11.1 Å². The molecule has 0 spiro atoms. The van der Waals surface area contributed by atoms with Gasteiger partial charge in [0, 0.05) is 30.0 Å². The van der Waals surface area contributed by atoms with Crippen LogP contribution in [0.5, 0.6) is 17.2 Å². The standard InChI is InChI=1S/C33H34F3NO7S/c1-41-31(38)15-22-19-43-30-16-24(8-10-27(22)30)42-18-21-5-9-28-26(21)11-12-29(33(34,35)36)32(28)20-3-6-23(7-4-20)44-25-13-14-37(17-25)45(2,39)40/h3-4,6-8,10-12,16,21-22,25H,5,9,13-15,17-19H2,1-2H3/t21-,22+,25+/m0/s1. The molecule has 1 aliphatic carbocycles. The van der Waals surface area contributed by atoms with E-state index in [-0.39, 0.29) is 42.4 Å². The van der Waals surface area contributed by atoms with Crippen LogP contribution in [0.1, 0.15) is 53.4 Å². The molecule has 3 aromatic carbocycles. The molecule has 0 amide bonds. The van der Waals surface area contributed by atoms with Gasteiger partial charge in [-0.1, -0.05) is 24.3 Å². The van der Waals surface area contributed by atoms with Gasteiger partial charge in [0.2, 0.25) is 10.0 Å². The average Bonchev–Trinajstić information content (AvgIpc) is 3.74. The molecule has 3 aromatic rings. The molecule has 0 aromatic heterocycles. The lowest BCUT2D eigenvalue weighted by molar-refractivity contribution is -0.141. The molecule has 2 heterocycles. The SMILES string of the molecule is COC(=O)C[C@@H]1COc2cc(OC[C@@H]3CCc4c3ccc(C(F)(F)F)c4-c3ccc(O[C@@H]4CCN(S(C)(=O)=O)C4)cc3)ccc21. The van der Waals surface area contributed by atoms with E-state index < -0.39 is 21.8 Å². The summed E-state index contributed by atoms with van der Waals surface area (Å²) in [6, 6.07) is 14.7. The molecule has 3 aliphatic rings. The highest BCUT2D eigenvalue weighted by atomic mass is 32.2. The molecule has 0 N–H and O–H groups in total. The van der Waals surface area contributed by atoms with Crippen LogP contribution in [0, 0.1) is 0 Å². The third-order valence-electron chi connectivity index (χ3n) is 8.82. The van der Waals surface area contributed by atoms with Crippen molar-refractivity contribution in [2.75, 3.05) is 39.7 Å². The second-order valence-corrected chi connectivity index (χ2v) is 13.7. The Morgan fingerprint density at radius 1 is 1.00 bits per heavy atom. The normalized spacial score (nSPS) is 21.2. The number of carbonyl (C=O) groups excluding carboxylic acids is 1. The molecule has 0 radical (unpaired) electrons. The maximum Gasteiger partial charge on any atom is 0.417 e. The topological polar surface area (TPSA) is 91.4 Å². The molecule has 12 heteroatoms. The zero-order valence-electron chi connectivity index (χ0n) is 24.9. The Bertz CT molecular complexity index is 1690. The quantitative estimate of drug-likeness (QED) is 0.267. The van der Waals surface area contributed by atoms with Gasteiger partial charge in [0.15, 0.2) is 0 Å². The van der Waals surface area contributed by atoms with Crippen LogP contribution in [0.15, 0.2) is 54.6 Å². The number of nitrogens with zero attached hydrogens (tertiary/aromatic N) is 1. The van der Waals surface area contributed by atoms with Crippen molar-refractivity contribution in [2.24, 2.45) is 0 Å². The van der Waals surface area contributed by atoms with Gasteiger partial charge in [-0.3, -0.25) is 4.79 Å². The summed E-state index contributed by atoms with van der Waals surface area (Å²) in [4.78, 5) is 11.7. The van der Waals surface area contributed by atoms with E-state index >= 15 is 0 Å². The smallest absolute Gasteiger partial charge is 0.417 e. The van der Waals surface area contributed by atoms with E-state index in [4.69, 9.17) is 18.9 Å². The third-order valence-corrected chi connectivity index (χ3v) is 10.1. The van der Waals surface area contributed by atoms with Crippen LogP contribution < -0.4 is 14.2 Å². The van der Waals surface area contributed by atoms with E-state index in [1.54, 1.807) is 36.4 Å². The molecule has 0 bridgehead atoms. The maximum atomic E-state index is 14.2. The number of hydrogen-bond donors (Lipinski definition) is 0. The summed E-state index contributed by atoms with van der Waals surface area (Å²) in [5, 5.41) is 0. The average molecular weight is 646 g/mol. The van der Waals surface area contributed by atoms with Crippen LogP contribution in [0.2, 0.25) is 0 Å². The number of hydrogen-bond acceptors (Lipinski definition) is 7. The number of methoxy groups -OCH3 is 1. The Kier molecular flexibility index (Phi) is 8.47. The summed E-state index contributed by atoms with van der Waals surface area (Å²) in [5.74, 6) is 1.23. The highest BCUT2D eigenvalue weighted by molar-refractivity contribution is 7.88. The summed E-state index contributed by atoms with van der Waals surface area (Å²) < 4.78 is 90.3. The number of carbonyl (C=O) groups is 1. The van der Waals surface area contributed by atoms with Gasteiger partial charge in [0.1, 0.15) is 23.4 Å². The first kappa shape index (κ1) is 31.2. The molecule has 240 valence electrons. The van der Waals surface area contributed by atoms with Gasteiger partial charge < -0.3 is 18.9 Å². The molecule has 45 heavy (non-hydrogen) atoms. The number of sulfonamides is 1. The zero-order valence-corrected chi connectivity index (χ0v) is 25.7. The van der Waals surface area contributed by atoms with E-state index in [2.05, 4.69) is 0 Å². The zero-order chi connectivity index (χ0) is 31.9. The Hall–Kier alpha value is -3.77. The largest absolute Gasteiger partial charge is 0.493 e. The van der Waals surface area contributed by atoms with Gasteiger partial charge in [0.25, 0.3) is 0 Å². The van der Waals surface area contributed by atoms with Crippen LogP contribution in [-0.2, 0) is 32.2 Å². The molecule has 0 unspecified atom stereocenters. The number of rotatable bonds is 9. The summed E-state index contributed by atoms with van der Waals surface area (Å²) in [6.07, 6.45) is -1.81. The fourth-order valence-corrected chi connectivity index (χ4v) is 7.39. The van der Waals surface area contributed by atoms with Crippen LogP contribution >= 0.6 is 0 Å². The van der Waals surface area contributed by atoms with Crippen molar-refractivity contribution in [3.8, 4) is 28.4 Å². The second-order valence-electron chi connectivity index (χ2n) is 11.8. The van der Waals surface area contributed by atoms with Crippen LogP contribution in [-0.4, -0.2) is 64.5 Å². The van der Waals surface area contributed by atoms with Crippen molar-refractivity contribution in [1.82, 2.24) is 4.31 Å². The monoisotopic (exact) mass is 645 g/mol. The molecule has 3 atom stereocenters. The van der Waals surface area contributed by atoms with Crippen LogP contribution in [0.3, 0.4) is 0 Å². The van der Waals surface area contributed by atoms with Crippen molar-refractivity contribution in [2.45, 2.75) is 49.8 Å². The van der Waals surface area contributed by atoms with Gasteiger partial charge in [-0.05, 0) is 65.8 Å². The molecule has 8 nitrogen and oxygen atoms in total. The molecule has 1 fully saturated rings. The Morgan fingerprint density at radius 2 is 1.73 bits per heavy atom. The molecule has 2 aliphatic heterocycles. The van der Waals surface area contributed by atoms with Gasteiger partial charge in [-0.25, -0.2) is 8.42 Å². The maximum absolute atomic E-state index is 14.2. The van der Waals surface area contributed by atoms with Gasteiger partial charge >= 0.3 is 12.1 Å². The molecule has 6 rings (SSSR count). The van der Waals surface area contributed by atoms with Crippen molar-refractivity contribution in [1.29, 1.82) is 0 Å². The van der Waals surface area contributed by atoms with Crippen molar-refractivity contribution >= 4 is 16.0 Å². The fraction of sp³-hybridized carbons (Fsp3) is 0.424. The minimum absolute atomic E-state index is 0.0852. The number of ether oxygens (including phenoxy) is 4. The number of alkyl halides is 3. The predicted octanol–water partition coefficient (Wildman–Crippen LogP) is 5.93. The highest BCUT2D eigenvalue weighted by Crippen LogP contribution is 2.46. The van der Waals surface area contributed by atoms with E-state index in [9.17, 15) is 26.4 Å². The van der Waals surface area contributed by atoms with Crippen molar-refractivity contribution < 1.29 is 45.3 Å². The molecule has 0 saturated carbocycles. The minimum atomic E-state index is -4.54. The summed E-state index contributed by atoms with van der Waals surface area (Å²) in [6.45, 7) is 1.28. The number of fused-ring (bicyclic) bond motifs is 2. The van der Waals surface area contributed by atoms with E-state index in [1.165, 1.54) is 11.4 Å². The molecular formula is C33H34F3NO7S. The first-order valence-electron chi connectivity index (χ1n) is 14.8. The number of halogens is 3. The fourth-order valence-electron chi connectivity index (χ4n) is 6.51. The summed E-state index contributed by atoms with van der Waals surface area (Å²) in [7, 11) is -1.96. The van der Waals surface area contributed by atoms with Gasteiger partial charge in [0.05, 0.1) is 45.1 Å². The Balaban J connectivity index is 1.18. The summed E-state index contributed by atoms with van der Waals surface area (Å²) in [5.41, 5.74) is 2.33. The van der Waals surface area contributed by atoms with Crippen molar-refractivity contribution in [3.05, 3.63) is 76.9 Å². The highest BCUT2D eigenvalue weighted by Gasteiger charge is 2.38. The van der Waals surface area contributed by atoms with Crippen molar-refractivity contribution in [3.63, 3.8) is 0 Å². The number of benzene rings is 3. The predicted molar refractivity (Wildman–Crippen MR) is 160 cm³/mol. The summed E-state index contributed by atoms with van der Waals surface area (Å²) >= 11 is 0. The molecule has 1 saturated heterocycles. The first-order chi connectivity index (χ1) is 21.4. The Labute approximate surface area is 260 Å². The van der Waals surface area contributed by atoms with E-state index in [0.29, 0.717) is 67.4 Å². The van der Waals surface area contributed by atoms with Gasteiger partial charge in [-0.15, -0.1) is 0 Å². The first-order valence-corrected chi connectivity index (χ1v) is 16.7. The third kappa shape index (κ3) is 6.62. The van der Waals surface area contributed by atoms with E-state index in [1.807, 2.05) is 12.1 Å². The van der Waals surface area contributed by atoms with Crippen LogP contribution in [0.4, 0.5) is 13.2 Å². The molecular weight excluding hydrogens is 611 g/mol. The minimum Gasteiger partial charge on any atom is -0.493 e. The lowest BCUT2D eigenvalue weighted by Gasteiger charge is -2.20. The Morgan fingerprint density at radius 3 is 2.42 bits per heavy atom. The number of esters is 1. The second kappa shape index (κ2) is 12.2. The lowest BCUT2D eigenvalue weighted by atomic mass is 9.90. The van der Waals surface area contributed by atoms with E-state index in [0.717, 1.165) is 23.4 Å².